The molecule has 37 heavy (non-hydrogen) atoms. The van der Waals surface area contributed by atoms with Gasteiger partial charge in [-0.05, 0) is 45.4 Å². The zero-order valence-corrected chi connectivity index (χ0v) is 21.5. The van der Waals surface area contributed by atoms with Gasteiger partial charge in [-0.2, -0.15) is 0 Å². The lowest BCUT2D eigenvalue weighted by atomic mass is 9.79. The minimum Gasteiger partial charge on any atom is -0.427 e. The quantitative estimate of drug-likeness (QED) is 0.308. The minimum absolute atomic E-state index is 0.163. The summed E-state index contributed by atoms with van der Waals surface area (Å²) in [6.45, 7) is 7.12. The summed E-state index contributed by atoms with van der Waals surface area (Å²) in [5.41, 5.74) is 4.88. The van der Waals surface area contributed by atoms with E-state index in [-0.39, 0.29) is 11.4 Å². The van der Waals surface area contributed by atoms with Crippen LogP contribution in [0.1, 0.15) is 44.4 Å². The molecule has 6 heteroatoms. The number of aromatic nitrogens is 1. The van der Waals surface area contributed by atoms with Crippen LogP contribution in [0.4, 0.5) is 0 Å². The van der Waals surface area contributed by atoms with Gasteiger partial charge in [-0.3, -0.25) is 10.8 Å². The molecular weight excluding hydrogens is 457 g/mol. The lowest BCUT2D eigenvalue weighted by Crippen LogP contribution is -2.49. The number of allylic oxidation sites excluding steroid dienone is 1. The van der Waals surface area contributed by atoms with E-state index in [0.717, 1.165) is 38.8 Å². The Kier molecular flexibility index (Phi) is 6.18. The number of fused-ring (bicyclic) bond motifs is 3. The molecule has 1 radical (unpaired) electrons. The van der Waals surface area contributed by atoms with Crippen molar-refractivity contribution in [1.29, 1.82) is 10.8 Å². The molecule has 183 valence electrons. The Labute approximate surface area is 218 Å². The fraction of sp³-hybridized carbons (Fsp3) is 0.194. The third-order valence-corrected chi connectivity index (χ3v) is 7.20. The molecule has 0 aliphatic heterocycles. The van der Waals surface area contributed by atoms with Crippen molar-refractivity contribution in [2.75, 3.05) is 0 Å². The van der Waals surface area contributed by atoms with Crippen LogP contribution in [0.15, 0.2) is 78.9 Å². The SMILES string of the molecule is CC(C)(O)C(C)(C)O[B]c1ccc2nc(-c3ccccc3)c3c(c2c1)C(=N)C(=N)C(c1ccccc1)=C3. The van der Waals surface area contributed by atoms with Crippen molar-refractivity contribution in [3.8, 4) is 11.3 Å². The van der Waals surface area contributed by atoms with Crippen molar-refractivity contribution in [3.63, 3.8) is 0 Å². The zero-order valence-electron chi connectivity index (χ0n) is 21.5. The highest BCUT2D eigenvalue weighted by atomic mass is 16.5. The molecule has 0 atom stereocenters. The molecule has 1 aliphatic rings. The number of hydrogen-bond donors (Lipinski definition) is 3. The summed E-state index contributed by atoms with van der Waals surface area (Å²) in [5.74, 6) is 0. The smallest absolute Gasteiger partial charge is 0.330 e. The summed E-state index contributed by atoms with van der Waals surface area (Å²) in [7, 11) is 1.64. The number of hydrogen-bond acceptors (Lipinski definition) is 5. The molecule has 4 aromatic rings. The molecule has 3 aromatic carbocycles. The van der Waals surface area contributed by atoms with Crippen LogP contribution in [-0.4, -0.2) is 40.2 Å². The Balaban J connectivity index is 1.71. The minimum atomic E-state index is -1.04. The highest BCUT2D eigenvalue weighted by molar-refractivity contribution is 6.64. The topological polar surface area (TPSA) is 90.1 Å². The molecule has 1 heterocycles. The Morgan fingerprint density at radius 1 is 0.811 bits per heavy atom. The van der Waals surface area contributed by atoms with Crippen LogP contribution in [0.3, 0.4) is 0 Å². The monoisotopic (exact) mass is 486 g/mol. The van der Waals surface area contributed by atoms with Gasteiger partial charge in [0.15, 0.2) is 0 Å². The van der Waals surface area contributed by atoms with E-state index in [4.69, 9.17) is 20.5 Å². The second-order valence-corrected chi connectivity index (χ2v) is 10.4. The molecule has 5 nitrogen and oxygen atoms in total. The van der Waals surface area contributed by atoms with Gasteiger partial charge in [-0.25, -0.2) is 4.98 Å². The van der Waals surface area contributed by atoms with Crippen LogP contribution in [-0.2, 0) is 4.65 Å². The lowest BCUT2D eigenvalue weighted by molar-refractivity contribution is -0.0893. The number of benzene rings is 3. The second kappa shape index (κ2) is 9.22. The number of nitrogens with one attached hydrogen (secondary N) is 2. The predicted octanol–water partition coefficient (Wildman–Crippen LogP) is 5.65. The van der Waals surface area contributed by atoms with Gasteiger partial charge in [0.05, 0.1) is 33.8 Å². The molecule has 0 amide bonds. The number of nitrogens with zero attached hydrogens (tertiary/aromatic N) is 1. The van der Waals surface area contributed by atoms with Gasteiger partial charge in [-0.15, -0.1) is 0 Å². The van der Waals surface area contributed by atoms with E-state index in [1.165, 1.54) is 0 Å². The van der Waals surface area contributed by atoms with Gasteiger partial charge >= 0.3 is 7.48 Å². The molecule has 0 bridgehead atoms. The average molecular weight is 486 g/mol. The molecule has 1 aromatic heterocycles. The average Bonchev–Trinajstić information content (AvgIpc) is 2.89. The van der Waals surface area contributed by atoms with Crippen molar-refractivity contribution in [2.24, 2.45) is 0 Å². The summed E-state index contributed by atoms with van der Waals surface area (Å²) in [4.78, 5) is 5.03. The molecule has 0 saturated heterocycles. The van der Waals surface area contributed by atoms with E-state index in [9.17, 15) is 5.11 Å². The maximum atomic E-state index is 10.5. The fourth-order valence-electron chi connectivity index (χ4n) is 4.28. The molecule has 0 spiro atoms. The largest absolute Gasteiger partial charge is 0.427 e. The van der Waals surface area contributed by atoms with Gasteiger partial charge in [0.1, 0.15) is 0 Å². The maximum absolute atomic E-state index is 10.5. The highest BCUT2D eigenvalue weighted by Gasteiger charge is 2.36. The van der Waals surface area contributed by atoms with E-state index in [1.54, 1.807) is 21.3 Å². The lowest BCUT2D eigenvalue weighted by Gasteiger charge is -2.37. The number of aliphatic hydroxyl groups is 1. The van der Waals surface area contributed by atoms with Crippen LogP contribution in [0.5, 0.6) is 0 Å². The number of pyridine rings is 1. The molecule has 0 saturated carbocycles. The van der Waals surface area contributed by atoms with Crippen LogP contribution in [0.2, 0.25) is 0 Å². The Bertz CT molecular complexity index is 1550. The molecule has 0 unspecified atom stereocenters. The second-order valence-electron chi connectivity index (χ2n) is 10.4. The first-order chi connectivity index (χ1) is 17.6. The van der Waals surface area contributed by atoms with Gasteiger partial charge in [0.2, 0.25) is 0 Å². The first-order valence-electron chi connectivity index (χ1n) is 12.3. The first kappa shape index (κ1) is 24.8. The molecule has 3 N–H and O–H groups in total. The van der Waals surface area contributed by atoms with Crippen molar-refractivity contribution in [1.82, 2.24) is 4.98 Å². The zero-order chi connectivity index (χ0) is 26.4. The van der Waals surface area contributed by atoms with Crippen LogP contribution < -0.4 is 5.46 Å². The highest BCUT2D eigenvalue weighted by Crippen LogP contribution is 2.37. The van der Waals surface area contributed by atoms with E-state index in [1.807, 2.05) is 98.8 Å². The molecule has 5 rings (SSSR count). The maximum Gasteiger partial charge on any atom is 0.330 e. The third kappa shape index (κ3) is 4.54. The predicted molar refractivity (Wildman–Crippen MR) is 153 cm³/mol. The van der Waals surface area contributed by atoms with E-state index >= 15 is 0 Å². The Morgan fingerprint density at radius 3 is 2.05 bits per heavy atom. The fourth-order valence-corrected chi connectivity index (χ4v) is 4.28. The summed E-state index contributed by atoms with van der Waals surface area (Å²) in [5, 5.41) is 29.2. The van der Waals surface area contributed by atoms with Gasteiger partial charge in [0.25, 0.3) is 0 Å². The van der Waals surface area contributed by atoms with Crippen molar-refractivity contribution in [3.05, 3.63) is 95.6 Å². The van der Waals surface area contributed by atoms with Crippen molar-refractivity contribution >= 4 is 46.9 Å². The van der Waals surface area contributed by atoms with Gasteiger partial charge in [-0.1, -0.05) is 78.3 Å². The number of rotatable bonds is 6. The molecular formula is C31H29BN3O2. The van der Waals surface area contributed by atoms with Gasteiger partial charge < -0.3 is 9.76 Å². The van der Waals surface area contributed by atoms with Crippen molar-refractivity contribution < 1.29 is 9.76 Å². The summed E-state index contributed by atoms with van der Waals surface area (Å²) in [6.07, 6.45) is 1.99. The Morgan fingerprint density at radius 2 is 1.43 bits per heavy atom. The van der Waals surface area contributed by atoms with E-state index in [2.05, 4.69) is 0 Å². The molecule has 0 fully saturated rings. The Hall–Kier alpha value is -3.87. The summed E-state index contributed by atoms with van der Waals surface area (Å²) >= 11 is 0. The van der Waals surface area contributed by atoms with E-state index < -0.39 is 11.2 Å². The van der Waals surface area contributed by atoms with Crippen LogP contribution in [0, 0.1) is 10.8 Å². The first-order valence-corrected chi connectivity index (χ1v) is 12.3. The third-order valence-electron chi connectivity index (χ3n) is 7.20. The van der Waals surface area contributed by atoms with Gasteiger partial charge in [0, 0.05) is 27.6 Å². The van der Waals surface area contributed by atoms with Crippen LogP contribution in [0.25, 0.3) is 33.8 Å². The standard InChI is InChI=1S/C31H29BN3O2/c1-30(2,36)31(3,4)37-32-21-15-16-25-23(17-21)26-24(29(35-25)20-13-9-6-10-14-20)18-22(27(33)28(26)34)19-11-7-5-8-12-19/h5-18,33-34,36H,1-4H3. The summed E-state index contributed by atoms with van der Waals surface area (Å²) in [6, 6.07) is 25.5. The molecule has 1 aliphatic carbocycles. The van der Waals surface area contributed by atoms with E-state index in [0.29, 0.717) is 11.1 Å². The van der Waals surface area contributed by atoms with Crippen LogP contribution >= 0.6 is 0 Å². The summed E-state index contributed by atoms with van der Waals surface area (Å²) < 4.78 is 5.99. The normalized spacial score (nSPS) is 13.9. The van der Waals surface area contributed by atoms with Crippen molar-refractivity contribution in [2.45, 2.75) is 38.9 Å².